The van der Waals surface area contributed by atoms with Crippen molar-refractivity contribution in [1.29, 1.82) is 0 Å². The van der Waals surface area contributed by atoms with Gasteiger partial charge in [0.15, 0.2) is 0 Å². The fourth-order valence-electron chi connectivity index (χ4n) is 2.10. The van der Waals surface area contributed by atoms with Crippen molar-refractivity contribution in [3.8, 4) is 5.75 Å². The third-order valence-electron chi connectivity index (χ3n) is 3.10. The number of benzene rings is 1. The van der Waals surface area contributed by atoms with Crippen molar-refractivity contribution in [3.05, 3.63) is 42.0 Å². The Kier molecular flexibility index (Phi) is 4.10. The van der Waals surface area contributed by atoms with E-state index in [2.05, 4.69) is 40.8 Å². The lowest BCUT2D eigenvalue weighted by Crippen LogP contribution is -2.30. The molecule has 2 rings (SSSR count). The number of hydrogen-bond donors (Lipinski definition) is 1. The van der Waals surface area contributed by atoms with Crippen molar-refractivity contribution >= 4 is 5.69 Å². The van der Waals surface area contributed by atoms with Crippen LogP contribution in [0.25, 0.3) is 0 Å². The lowest BCUT2D eigenvalue weighted by atomic mass is 10.2. The lowest BCUT2D eigenvalue weighted by molar-refractivity contribution is 0.414. The minimum Gasteiger partial charge on any atom is -0.497 e. The van der Waals surface area contributed by atoms with Crippen molar-refractivity contribution in [2.45, 2.75) is 33.4 Å². The number of aryl methyl sites for hydroxylation is 1. The van der Waals surface area contributed by atoms with Crippen LogP contribution in [0.1, 0.15) is 25.4 Å². The van der Waals surface area contributed by atoms with Crippen molar-refractivity contribution < 1.29 is 4.74 Å². The summed E-state index contributed by atoms with van der Waals surface area (Å²) in [6.07, 6.45) is 1.89. The highest BCUT2D eigenvalue weighted by Gasteiger charge is 2.13. The minimum absolute atomic E-state index is 0.399. The first kappa shape index (κ1) is 13.5. The van der Waals surface area contributed by atoms with Crippen LogP contribution in [0.15, 0.2) is 30.5 Å². The Hall–Kier alpha value is -1.97. The third-order valence-corrected chi connectivity index (χ3v) is 3.10. The van der Waals surface area contributed by atoms with Gasteiger partial charge in [-0.1, -0.05) is 6.07 Å². The van der Waals surface area contributed by atoms with Crippen LogP contribution in [0.2, 0.25) is 0 Å². The molecule has 0 aliphatic heterocycles. The number of ether oxygens (including phenoxy) is 1. The highest BCUT2D eigenvalue weighted by molar-refractivity contribution is 5.51. The Balaban J connectivity index is 2.24. The molecule has 0 aliphatic rings. The number of imidazole rings is 1. The maximum absolute atomic E-state index is 5.29. The van der Waals surface area contributed by atoms with Gasteiger partial charge in [0.25, 0.3) is 0 Å². The molecular formula is C15H21N3O. The Morgan fingerprint density at radius 1 is 1.37 bits per heavy atom. The summed E-state index contributed by atoms with van der Waals surface area (Å²) >= 11 is 0. The molecule has 1 aromatic heterocycles. The van der Waals surface area contributed by atoms with E-state index in [1.54, 1.807) is 7.11 Å². The van der Waals surface area contributed by atoms with Crippen molar-refractivity contribution in [3.63, 3.8) is 0 Å². The van der Waals surface area contributed by atoms with Gasteiger partial charge in [0.1, 0.15) is 11.6 Å². The Morgan fingerprint density at radius 2 is 2.16 bits per heavy atom. The lowest BCUT2D eigenvalue weighted by Gasteiger charge is -2.28. The van der Waals surface area contributed by atoms with Gasteiger partial charge in [0, 0.05) is 17.8 Å². The number of methoxy groups -OCH3 is 1. The summed E-state index contributed by atoms with van der Waals surface area (Å²) < 4.78 is 5.29. The highest BCUT2D eigenvalue weighted by atomic mass is 16.5. The average molecular weight is 259 g/mol. The topological polar surface area (TPSA) is 41.1 Å². The number of rotatable bonds is 5. The molecule has 1 heterocycles. The zero-order valence-electron chi connectivity index (χ0n) is 12.0. The third kappa shape index (κ3) is 3.28. The molecule has 4 nitrogen and oxygen atoms in total. The fourth-order valence-corrected chi connectivity index (χ4v) is 2.10. The van der Waals surface area contributed by atoms with E-state index in [4.69, 9.17) is 4.74 Å². The van der Waals surface area contributed by atoms with E-state index in [-0.39, 0.29) is 0 Å². The predicted molar refractivity (Wildman–Crippen MR) is 77.6 cm³/mol. The van der Waals surface area contributed by atoms with Crippen LogP contribution in [-0.4, -0.2) is 23.1 Å². The molecule has 0 atom stereocenters. The molecule has 0 unspecified atom stereocenters. The zero-order valence-corrected chi connectivity index (χ0v) is 12.0. The smallest absolute Gasteiger partial charge is 0.120 e. The first-order chi connectivity index (χ1) is 9.10. The summed E-state index contributed by atoms with van der Waals surface area (Å²) in [6.45, 7) is 7.14. The number of aromatic amines is 1. The molecule has 0 amide bonds. The molecule has 0 aliphatic carbocycles. The summed E-state index contributed by atoms with van der Waals surface area (Å²) in [7, 11) is 1.69. The standard InChI is InChI=1S/C15H21N3O/c1-11(2)18(10-13-9-16-12(3)17-13)14-6-5-7-15(8-14)19-4/h5-9,11H,10H2,1-4H3,(H,16,17). The molecule has 2 aromatic rings. The quantitative estimate of drug-likeness (QED) is 0.896. The van der Waals surface area contributed by atoms with Crippen LogP contribution < -0.4 is 9.64 Å². The fraction of sp³-hybridized carbons (Fsp3) is 0.400. The summed E-state index contributed by atoms with van der Waals surface area (Å²) in [6, 6.07) is 8.54. The van der Waals surface area contributed by atoms with E-state index in [0.717, 1.165) is 29.5 Å². The highest BCUT2D eigenvalue weighted by Crippen LogP contribution is 2.24. The van der Waals surface area contributed by atoms with Gasteiger partial charge in [-0.2, -0.15) is 0 Å². The normalized spacial score (nSPS) is 10.8. The number of nitrogens with zero attached hydrogens (tertiary/aromatic N) is 2. The maximum atomic E-state index is 5.29. The summed E-state index contributed by atoms with van der Waals surface area (Å²) in [5.74, 6) is 1.83. The van der Waals surface area contributed by atoms with Crippen molar-refractivity contribution in [1.82, 2.24) is 9.97 Å². The van der Waals surface area contributed by atoms with E-state index in [0.29, 0.717) is 6.04 Å². The van der Waals surface area contributed by atoms with Gasteiger partial charge < -0.3 is 14.6 Å². The van der Waals surface area contributed by atoms with Gasteiger partial charge in [0.05, 0.1) is 25.5 Å². The van der Waals surface area contributed by atoms with Gasteiger partial charge >= 0.3 is 0 Å². The van der Waals surface area contributed by atoms with Crippen LogP contribution >= 0.6 is 0 Å². The second kappa shape index (κ2) is 5.78. The largest absolute Gasteiger partial charge is 0.497 e. The number of nitrogens with one attached hydrogen (secondary N) is 1. The Labute approximate surface area is 114 Å². The van der Waals surface area contributed by atoms with E-state index < -0.39 is 0 Å². The van der Waals surface area contributed by atoms with Gasteiger partial charge in [-0.25, -0.2) is 4.98 Å². The predicted octanol–water partition coefficient (Wildman–Crippen LogP) is 3.14. The van der Waals surface area contributed by atoms with Gasteiger partial charge in [-0.15, -0.1) is 0 Å². The van der Waals surface area contributed by atoms with Gasteiger partial charge in [-0.05, 0) is 32.9 Å². The number of hydrogen-bond acceptors (Lipinski definition) is 3. The molecular weight excluding hydrogens is 238 g/mol. The SMILES string of the molecule is COc1cccc(N(Cc2cnc(C)[nH]2)C(C)C)c1. The Bertz CT molecular complexity index is 534. The molecule has 1 aromatic carbocycles. The van der Waals surface area contributed by atoms with Gasteiger partial charge in [-0.3, -0.25) is 0 Å². The van der Waals surface area contributed by atoms with Gasteiger partial charge in [0.2, 0.25) is 0 Å². The van der Waals surface area contributed by atoms with E-state index in [9.17, 15) is 0 Å². The molecule has 4 heteroatoms. The molecule has 0 radical (unpaired) electrons. The van der Waals surface area contributed by atoms with Crippen molar-refractivity contribution in [2.24, 2.45) is 0 Å². The van der Waals surface area contributed by atoms with Crippen LogP contribution in [-0.2, 0) is 6.54 Å². The molecule has 0 saturated carbocycles. The van der Waals surface area contributed by atoms with E-state index in [1.807, 2.05) is 25.3 Å². The summed E-state index contributed by atoms with van der Waals surface area (Å²) in [4.78, 5) is 9.84. The van der Waals surface area contributed by atoms with Crippen LogP contribution in [0.5, 0.6) is 5.75 Å². The molecule has 0 fully saturated rings. The number of aromatic nitrogens is 2. The molecule has 1 N–H and O–H groups in total. The van der Waals surface area contributed by atoms with Crippen LogP contribution in [0.4, 0.5) is 5.69 Å². The average Bonchev–Trinajstić information content (AvgIpc) is 2.81. The first-order valence-corrected chi connectivity index (χ1v) is 6.51. The maximum Gasteiger partial charge on any atom is 0.120 e. The molecule has 19 heavy (non-hydrogen) atoms. The van der Waals surface area contributed by atoms with Crippen LogP contribution in [0, 0.1) is 6.92 Å². The molecule has 102 valence electrons. The number of H-pyrrole nitrogens is 1. The minimum atomic E-state index is 0.399. The van der Waals surface area contributed by atoms with E-state index in [1.165, 1.54) is 0 Å². The van der Waals surface area contributed by atoms with Crippen molar-refractivity contribution in [2.75, 3.05) is 12.0 Å². The summed E-state index contributed by atoms with van der Waals surface area (Å²) in [5.41, 5.74) is 2.27. The zero-order chi connectivity index (χ0) is 13.8. The molecule has 0 bridgehead atoms. The second-order valence-corrected chi connectivity index (χ2v) is 4.92. The molecule has 0 saturated heterocycles. The van der Waals surface area contributed by atoms with Crippen LogP contribution in [0.3, 0.4) is 0 Å². The first-order valence-electron chi connectivity index (χ1n) is 6.51. The molecule has 0 spiro atoms. The number of anilines is 1. The second-order valence-electron chi connectivity index (χ2n) is 4.92. The monoisotopic (exact) mass is 259 g/mol. The summed E-state index contributed by atoms with van der Waals surface area (Å²) in [5, 5.41) is 0. The van der Waals surface area contributed by atoms with E-state index >= 15 is 0 Å². The Morgan fingerprint density at radius 3 is 2.74 bits per heavy atom.